The smallest absolute Gasteiger partial charge is 0.220 e. The molecular formula is C22H29NO3. The summed E-state index contributed by atoms with van der Waals surface area (Å²) in [5, 5.41) is 2.98. The van der Waals surface area contributed by atoms with Gasteiger partial charge in [0.2, 0.25) is 5.91 Å². The molecule has 2 aromatic rings. The molecule has 0 aliphatic heterocycles. The Balaban J connectivity index is 1.76. The van der Waals surface area contributed by atoms with Gasteiger partial charge in [-0.2, -0.15) is 0 Å². The molecule has 0 aliphatic carbocycles. The van der Waals surface area contributed by atoms with E-state index in [0.29, 0.717) is 32.6 Å². The molecular weight excluding hydrogens is 326 g/mol. The summed E-state index contributed by atoms with van der Waals surface area (Å²) in [6.07, 6.45) is 1.35. The van der Waals surface area contributed by atoms with Crippen LogP contribution in [0.5, 0.6) is 5.75 Å². The molecule has 0 saturated carbocycles. The lowest BCUT2D eigenvalue weighted by Gasteiger charge is -2.10. The SMILES string of the molecule is CCOc1ccccc1CCC(=O)NCc1ccc(COC(C)C)cc1. The molecule has 0 heterocycles. The third-order valence-electron chi connectivity index (χ3n) is 3.99. The highest BCUT2D eigenvalue weighted by Gasteiger charge is 2.07. The number of carbonyl (C=O) groups is 1. The molecule has 1 amide bonds. The zero-order chi connectivity index (χ0) is 18.8. The molecule has 4 heteroatoms. The largest absolute Gasteiger partial charge is 0.494 e. The number of carbonyl (C=O) groups excluding carboxylic acids is 1. The van der Waals surface area contributed by atoms with Gasteiger partial charge in [0.05, 0.1) is 19.3 Å². The number of rotatable bonds is 10. The number of hydrogen-bond acceptors (Lipinski definition) is 3. The van der Waals surface area contributed by atoms with Crippen molar-refractivity contribution >= 4 is 5.91 Å². The van der Waals surface area contributed by atoms with Crippen LogP contribution in [0.1, 0.15) is 43.9 Å². The maximum absolute atomic E-state index is 12.1. The van der Waals surface area contributed by atoms with Gasteiger partial charge in [-0.1, -0.05) is 42.5 Å². The number of benzene rings is 2. The summed E-state index contributed by atoms with van der Waals surface area (Å²) in [6.45, 7) is 7.79. The Labute approximate surface area is 156 Å². The van der Waals surface area contributed by atoms with Crippen LogP contribution in [0.15, 0.2) is 48.5 Å². The number of para-hydroxylation sites is 1. The van der Waals surface area contributed by atoms with Crippen molar-refractivity contribution in [3.8, 4) is 5.75 Å². The van der Waals surface area contributed by atoms with Gasteiger partial charge < -0.3 is 14.8 Å². The van der Waals surface area contributed by atoms with Gasteiger partial charge >= 0.3 is 0 Å². The van der Waals surface area contributed by atoms with Crippen molar-refractivity contribution in [1.82, 2.24) is 5.32 Å². The van der Waals surface area contributed by atoms with Crippen molar-refractivity contribution in [3.63, 3.8) is 0 Å². The van der Waals surface area contributed by atoms with Gasteiger partial charge in [0.1, 0.15) is 5.75 Å². The topological polar surface area (TPSA) is 47.6 Å². The van der Waals surface area contributed by atoms with E-state index < -0.39 is 0 Å². The third-order valence-corrected chi connectivity index (χ3v) is 3.99. The second kappa shape index (κ2) is 10.6. The monoisotopic (exact) mass is 355 g/mol. The van der Waals surface area contributed by atoms with E-state index in [0.717, 1.165) is 22.4 Å². The van der Waals surface area contributed by atoms with Crippen LogP contribution in [-0.4, -0.2) is 18.6 Å². The van der Waals surface area contributed by atoms with Crippen molar-refractivity contribution in [2.24, 2.45) is 0 Å². The number of ether oxygens (including phenoxy) is 2. The molecule has 0 aliphatic rings. The van der Waals surface area contributed by atoms with E-state index in [9.17, 15) is 4.79 Å². The van der Waals surface area contributed by atoms with Crippen LogP contribution in [0.2, 0.25) is 0 Å². The lowest BCUT2D eigenvalue weighted by molar-refractivity contribution is -0.121. The number of hydrogen-bond donors (Lipinski definition) is 1. The van der Waals surface area contributed by atoms with E-state index >= 15 is 0 Å². The molecule has 0 bridgehead atoms. The fourth-order valence-corrected chi connectivity index (χ4v) is 2.56. The Morgan fingerprint density at radius 3 is 2.42 bits per heavy atom. The Kier molecular flexibility index (Phi) is 8.16. The summed E-state index contributed by atoms with van der Waals surface area (Å²) < 4.78 is 11.2. The van der Waals surface area contributed by atoms with Crippen LogP contribution in [-0.2, 0) is 29.1 Å². The van der Waals surface area contributed by atoms with E-state index in [1.165, 1.54) is 0 Å². The molecule has 26 heavy (non-hydrogen) atoms. The molecule has 0 fully saturated rings. The molecule has 0 radical (unpaired) electrons. The molecule has 2 aromatic carbocycles. The standard InChI is InChI=1S/C22H29NO3/c1-4-25-21-8-6-5-7-20(21)13-14-22(24)23-15-18-9-11-19(12-10-18)16-26-17(2)3/h5-12,17H,4,13-16H2,1-3H3,(H,23,24). The van der Waals surface area contributed by atoms with Gasteiger partial charge in [-0.05, 0) is 49.9 Å². The Bertz CT molecular complexity index is 680. The van der Waals surface area contributed by atoms with Gasteiger partial charge in [0.15, 0.2) is 0 Å². The number of aryl methyl sites for hydroxylation is 1. The van der Waals surface area contributed by atoms with Gasteiger partial charge in [0.25, 0.3) is 0 Å². The predicted octanol–water partition coefficient (Wildman–Crippen LogP) is 4.26. The molecule has 0 unspecified atom stereocenters. The van der Waals surface area contributed by atoms with Crippen molar-refractivity contribution in [2.45, 2.75) is 52.9 Å². The number of nitrogens with one attached hydrogen (secondary N) is 1. The highest BCUT2D eigenvalue weighted by Crippen LogP contribution is 2.19. The van der Waals surface area contributed by atoms with Crippen LogP contribution in [0.3, 0.4) is 0 Å². The van der Waals surface area contributed by atoms with E-state index in [1.54, 1.807) is 0 Å². The predicted molar refractivity (Wildman–Crippen MR) is 104 cm³/mol. The maximum Gasteiger partial charge on any atom is 0.220 e. The summed E-state index contributed by atoms with van der Waals surface area (Å²) in [6, 6.07) is 16.0. The summed E-state index contributed by atoms with van der Waals surface area (Å²) >= 11 is 0. The van der Waals surface area contributed by atoms with Gasteiger partial charge in [-0.25, -0.2) is 0 Å². The highest BCUT2D eigenvalue weighted by molar-refractivity contribution is 5.76. The summed E-state index contributed by atoms with van der Waals surface area (Å²) in [4.78, 5) is 12.1. The first-order valence-electron chi connectivity index (χ1n) is 9.25. The average Bonchev–Trinajstić information content (AvgIpc) is 2.65. The summed E-state index contributed by atoms with van der Waals surface area (Å²) in [7, 11) is 0. The first-order chi connectivity index (χ1) is 12.6. The molecule has 140 valence electrons. The molecule has 4 nitrogen and oxygen atoms in total. The fraction of sp³-hybridized carbons (Fsp3) is 0.409. The van der Waals surface area contributed by atoms with Crippen LogP contribution in [0, 0.1) is 0 Å². The lowest BCUT2D eigenvalue weighted by atomic mass is 10.1. The zero-order valence-corrected chi connectivity index (χ0v) is 16.0. The minimum absolute atomic E-state index is 0.0449. The van der Waals surface area contributed by atoms with Crippen LogP contribution < -0.4 is 10.1 Å². The third kappa shape index (κ3) is 6.89. The Morgan fingerprint density at radius 2 is 1.73 bits per heavy atom. The van der Waals surface area contributed by atoms with Crippen LogP contribution in [0.25, 0.3) is 0 Å². The molecule has 0 spiro atoms. The van der Waals surface area contributed by atoms with Gasteiger partial charge in [0, 0.05) is 13.0 Å². The van der Waals surface area contributed by atoms with Crippen molar-refractivity contribution in [1.29, 1.82) is 0 Å². The van der Waals surface area contributed by atoms with Gasteiger partial charge in [-0.15, -0.1) is 0 Å². The summed E-state index contributed by atoms with van der Waals surface area (Å²) in [5.74, 6) is 0.908. The quantitative estimate of drug-likeness (QED) is 0.693. The molecule has 0 saturated heterocycles. The molecule has 1 N–H and O–H groups in total. The van der Waals surface area contributed by atoms with Crippen molar-refractivity contribution in [2.75, 3.05) is 6.61 Å². The van der Waals surface area contributed by atoms with Crippen LogP contribution >= 0.6 is 0 Å². The Hall–Kier alpha value is -2.33. The first-order valence-corrected chi connectivity index (χ1v) is 9.25. The van der Waals surface area contributed by atoms with E-state index in [-0.39, 0.29) is 12.0 Å². The molecule has 2 rings (SSSR count). The van der Waals surface area contributed by atoms with Gasteiger partial charge in [-0.3, -0.25) is 4.79 Å². The van der Waals surface area contributed by atoms with Crippen molar-refractivity contribution in [3.05, 3.63) is 65.2 Å². The molecule has 0 atom stereocenters. The van der Waals surface area contributed by atoms with E-state index in [1.807, 2.05) is 69.3 Å². The van der Waals surface area contributed by atoms with E-state index in [2.05, 4.69) is 5.32 Å². The van der Waals surface area contributed by atoms with E-state index in [4.69, 9.17) is 9.47 Å². The Morgan fingerprint density at radius 1 is 1.04 bits per heavy atom. The minimum Gasteiger partial charge on any atom is -0.494 e. The second-order valence-electron chi connectivity index (χ2n) is 6.49. The number of amides is 1. The zero-order valence-electron chi connectivity index (χ0n) is 16.0. The first kappa shape index (κ1) is 20.0. The lowest BCUT2D eigenvalue weighted by Crippen LogP contribution is -2.23. The fourth-order valence-electron chi connectivity index (χ4n) is 2.56. The normalized spacial score (nSPS) is 10.8. The van der Waals surface area contributed by atoms with Crippen molar-refractivity contribution < 1.29 is 14.3 Å². The summed E-state index contributed by atoms with van der Waals surface area (Å²) in [5.41, 5.74) is 3.29. The van der Waals surface area contributed by atoms with Crippen LogP contribution in [0.4, 0.5) is 0 Å². The minimum atomic E-state index is 0.0449. The molecule has 0 aromatic heterocycles. The second-order valence-corrected chi connectivity index (χ2v) is 6.49. The average molecular weight is 355 g/mol. The highest BCUT2D eigenvalue weighted by atomic mass is 16.5. The maximum atomic E-state index is 12.1.